The Kier molecular flexibility index (Phi) is 3.91. The first-order chi connectivity index (χ1) is 11.5. The van der Waals surface area contributed by atoms with Crippen LogP contribution < -0.4 is 16.0 Å². The summed E-state index contributed by atoms with van der Waals surface area (Å²) < 4.78 is 1.85. The third-order valence-corrected chi connectivity index (χ3v) is 3.79. The molecule has 3 rings (SSSR count). The van der Waals surface area contributed by atoms with Gasteiger partial charge in [0, 0.05) is 36.5 Å². The summed E-state index contributed by atoms with van der Waals surface area (Å²) in [6, 6.07) is 9.84. The van der Waals surface area contributed by atoms with Crippen LogP contribution in [0.3, 0.4) is 0 Å². The van der Waals surface area contributed by atoms with Gasteiger partial charge in [-0.05, 0) is 37.3 Å². The number of urea groups is 1. The highest BCUT2D eigenvalue weighted by atomic mass is 16.2. The van der Waals surface area contributed by atoms with E-state index in [1.165, 1.54) is 4.90 Å². The van der Waals surface area contributed by atoms with Crippen LogP contribution in [-0.4, -0.2) is 28.4 Å². The quantitative estimate of drug-likeness (QED) is 0.775. The highest BCUT2D eigenvalue weighted by molar-refractivity contribution is 6.08. The van der Waals surface area contributed by atoms with Crippen LogP contribution in [0.1, 0.15) is 16.1 Å². The van der Waals surface area contributed by atoms with Gasteiger partial charge in [0.25, 0.3) is 5.91 Å². The van der Waals surface area contributed by atoms with E-state index >= 15 is 0 Å². The zero-order valence-corrected chi connectivity index (χ0v) is 13.4. The van der Waals surface area contributed by atoms with Crippen molar-refractivity contribution in [3.05, 3.63) is 60.0 Å². The van der Waals surface area contributed by atoms with Gasteiger partial charge in [-0.1, -0.05) is 6.07 Å². The van der Waals surface area contributed by atoms with E-state index in [2.05, 4.69) is 10.3 Å². The van der Waals surface area contributed by atoms with Crippen molar-refractivity contribution in [3.8, 4) is 0 Å². The van der Waals surface area contributed by atoms with Crippen LogP contribution in [0.5, 0.6) is 0 Å². The Morgan fingerprint density at radius 3 is 2.79 bits per heavy atom. The molecule has 2 aromatic heterocycles. The lowest BCUT2D eigenvalue weighted by atomic mass is 10.2. The minimum absolute atomic E-state index is 0.273. The minimum Gasteiger partial charge on any atom is -0.351 e. The van der Waals surface area contributed by atoms with Crippen LogP contribution in [0.15, 0.2) is 48.8 Å². The van der Waals surface area contributed by atoms with Gasteiger partial charge in [0.2, 0.25) is 0 Å². The van der Waals surface area contributed by atoms with E-state index < -0.39 is 6.03 Å². The number of nitrogens with two attached hydrogens (primary N) is 1. The van der Waals surface area contributed by atoms with E-state index in [1.54, 1.807) is 49.6 Å². The van der Waals surface area contributed by atoms with Crippen molar-refractivity contribution in [3.63, 3.8) is 0 Å². The fourth-order valence-corrected chi connectivity index (χ4v) is 2.43. The van der Waals surface area contributed by atoms with Gasteiger partial charge in [0.1, 0.15) is 5.65 Å². The molecule has 0 aliphatic rings. The second-order valence-corrected chi connectivity index (χ2v) is 5.42. The summed E-state index contributed by atoms with van der Waals surface area (Å²) in [5.74, 6) is -0.273. The average molecular weight is 323 g/mol. The van der Waals surface area contributed by atoms with Crippen LogP contribution in [0.25, 0.3) is 5.65 Å². The molecule has 0 fully saturated rings. The maximum absolute atomic E-state index is 12.6. The first kappa shape index (κ1) is 15.5. The smallest absolute Gasteiger partial charge is 0.318 e. The molecule has 0 aliphatic heterocycles. The number of amides is 3. The molecule has 1 aromatic carbocycles. The number of pyridine rings is 1. The SMILES string of the molecule is Cc1cnc2c(C(=O)Nc3cccc(N(C)C(N)=O)c3)cccn12. The predicted octanol–water partition coefficient (Wildman–Crippen LogP) is 2.41. The van der Waals surface area contributed by atoms with Gasteiger partial charge in [-0.2, -0.15) is 0 Å². The highest BCUT2D eigenvalue weighted by Crippen LogP contribution is 2.20. The van der Waals surface area contributed by atoms with Crippen LogP contribution in [0.4, 0.5) is 16.2 Å². The van der Waals surface area contributed by atoms with Crippen LogP contribution in [0.2, 0.25) is 0 Å². The molecule has 24 heavy (non-hydrogen) atoms. The molecule has 122 valence electrons. The normalized spacial score (nSPS) is 10.6. The van der Waals surface area contributed by atoms with E-state index in [0.29, 0.717) is 22.6 Å². The fourth-order valence-electron chi connectivity index (χ4n) is 2.43. The lowest BCUT2D eigenvalue weighted by molar-refractivity contribution is 0.102. The molecule has 3 amide bonds. The number of nitrogens with zero attached hydrogens (tertiary/aromatic N) is 3. The summed E-state index contributed by atoms with van der Waals surface area (Å²) in [5.41, 5.74) is 8.44. The van der Waals surface area contributed by atoms with E-state index in [1.807, 2.05) is 17.5 Å². The lowest BCUT2D eigenvalue weighted by Gasteiger charge is -2.15. The first-order valence-electron chi connectivity index (χ1n) is 7.34. The van der Waals surface area contributed by atoms with E-state index in [4.69, 9.17) is 5.73 Å². The molecule has 0 bridgehead atoms. The number of aromatic nitrogens is 2. The van der Waals surface area contributed by atoms with Gasteiger partial charge >= 0.3 is 6.03 Å². The van der Waals surface area contributed by atoms with E-state index in [9.17, 15) is 9.59 Å². The van der Waals surface area contributed by atoms with Gasteiger partial charge in [0.05, 0.1) is 5.56 Å². The van der Waals surface area contributed by atoms with Crippen molar-refractivity contribution in [2.45, 2.75) is 6.92 Å². The number of benzene rings is 1. The van der Waals surface area contributed by atoms with Crippen molar-refractivity contribution < 1.29 is 9.59 Å². The van der Waals surface area contributed by atoms with Crippen molar-refractivity contribution in [2.24, 2.45) is 5.73 Å². The lowest BCUT2D eigenvalue weighted by Crippen LogP contribution is -2.31. The second-order valence-electron chi connectivity index (χ2n) is 5.42. The number of anilines is 2. The Morgan fingerprint density at radius 2 is 2.04 bits per heavy atom. The summed E-state index contributed by atoms with van der Waals surface area (Å²) in [4.78, 5) is 29.4. The molecule has 0 saturated heterocycles. The first-order valence-corrected chi connectivity index (χ1v) is 7.34. The van der Waals surface area contributed by atoms with E-state index in [-0.39, 0.29) is 5.91 Å². The molecule has 0 spiro atoms. The molecule has 3 aromatic rings. The Balaban J connectivity index is 1.89. The maximum Gasteiger partial charge on any atom is 0.318 e. The van der Waals surface area contributed by atoms with Gasteiger partial charge in [-0.3, -0.25) is 9.69 Å². The predicted molar refractivity (Wildman–Crippen MR) is 92.3 cm³/mol. The average Bonchev–Trinajstić information content (AvgIpc) is 2.95. The number of nitrogens with one attached hydrogen (secondary N) is 1. The Bertz CT molecular complexity index is 932. The number of primary amides is 1. The molecular weight excluding hydrogens is 306 g/mol. The second kappa shape index (κ2) is 6.04. The molecule has 7 nitrogen and oxygen atoms in total. The third-order valence-electron chi connectivity index (χ3n) is 3.79. The molecule has 0 unspecified atom stereocenters. The van der Waals surface area contributed by atoms with Crippen molar-refractivity contribution in [2.75, 3.05) is 17.3 Å². The molecule has 0 aliphatic carbocycles. The Morgan fingerprint density at radius 1 is 1.25 bits per heavy atom. The molecule has 3 N–H and O–H groups in total. The zero-order chi connectivity index (χ0) is 17.3. The number of hydrogen-bond donors (Lipinski definition) is 2. The largest absolute Gasteiger partial charge is 0.351 e. The Labute approximate surface area is 138 Å². The molecule has 2 heterocycles. The maximum atomic E-state index is 12.6. The number of hydrogen-bond acceptors (Lipinski definition) is 3. The number of imidazole rings is 1. The van der Waals surface area contributed by atoms with Crippen LogP contribution >= 0.6 is 0 Å². The van der Waals surface area contributed by atoms with E-state index in [0.717, 1.165) is 5.69 Å². The molecule has 0 atom stereocenters. The molecule has 0 saturated carbocycles. The number of aryl methyl sites for hydroxylation is 1. The van der Waals surface area contributed by atoms with Gasteiger partial charge in [-0.25, -0.2) is 9.78 Å². The molecule has 0 radical (unpaired) electrons. The number of fused-ring (bicyclic) bond motifs is 1. The third kappa shape index (κ3) is 2.79. The van der Waals surface area contributed by atoms with Crippen molar-refractivity contribution in [1.82, 2.24) is 9.38 Å². The standard InChI is InChI=1S/C17H17N5O2/c1-11-10-19-15-14(7-4-8-22(11)15)16(23)20-12-5-3-6-13(9-12)21(2)17(18)24/h3-10H,1-2H3,(H2,18,24)(H,20,23). The van der Waals surface area contributed by atoms with Gasteiger partial charge in [-0.15, -0.1) is 0 Å². The topological polar surface area (TPSA) is 92.7 Å². The molecular formula is C17H17N5O2. The number of carbonyl (C=O) groups excluding carboxylic acids is 2. The summed E-state index contributed by atoms with van der Waals surface area (Å²) in [6.45, 7) is 1.92. The monoisotopic (exact) mass is 323 g/mol. The van der Waals surface area contributed by atoms with Crippen LogP contribution in [-0.2, 0) is 0 Å². The summed E-state index contributed by atoms with van der Waals surface area (Å²) in [5, 5.41) is 2.82. The van der Waals surface area contributed by atoms with Crippen molar-refractivity contribution >= 4 is 29.0 Å². The number of carbonyl (C=O) groups is 2. The van der Waals surface area contributed by atoms with Crippen molar-refractivity contribution in [1.29, 1.82) is 0 Å². The van der Waals surface area contributed by atoms with Crippen LogP contribution in [0, 0.1) is 6.92 Å². The minimum atomic E-state index is -0.573. The number of rotatable bonds is 3. The Hall–Kier alpha value is -3.35. The summed E-state index contributed by atoms with van der Waals surface area (Å²) in [7, 11) is 1.57. The van der Waals surface area contributed by atoms with Gasteiger partial charge < -0.3 is 15.5 Å². The molecule has 7 heteroatoms. The summed E-state index contributed by atoms with van der Waals surface area (Å²) in [6.07, 6.45) is 3.57. The summed E-state index contributed by atoms with van der Waals surface area (Å²) >= 11 is 0. The highest BCUT2D eigenvalue weighted by Gasteiger charge is 2.14. The van der Waals surface area contributed by atoms with Gasteiger partial charge in [0.15, 0.2) is 0 Å². The fraction of sp³-hybridized carbons (Fsp3) is 0.118. The zero-order valence-electron chi connectivity index (χ0n) is 13.4.